The van der Waals surface area contributed by atoms with Gasteiger partial charge in [-0.3, -0.25) is 0 Å². The molecule has 0 radical (unpaired) electrons. The van der Waals surface area contributed by atoms with Crippen molar-refractivity contribution in [3.63, 3.8) is 0 Å². The van der Waals surface area contributed by atoms with Crippen molar-refractivity contribution >= 4 is 15.9 Å². The van der Waals surface area contributed by atoms with Crippen LogP contribution in [0.5, 0.6) is 0 Å². The highest BCUT2D eigenvalue weighted by Gasteiger charge is 2.32. The predicted octanol–water partition coefficient (Wildman–Crippen LogP) is 3.43. The fraction of sp³-hybridized carbons (Fsp3) is 0.333. The van der Waals surface area contributed by atoms with E-state index in [1.807, 2.05) is 0 Å². The van der Waals surface area contributed by atoms with Crippen LogP contribution in [0, 0.1) is 0 Å². The number of nitrogens with one attached hydrogen (secondary N) is 1. The zero-order valence-corrected chi connectivity index (χ0v) is 13.7. The van der Waals surface area contributed by atoms with Gasteiger partial charge < -0.3 is 11.1 Å². The lowest BCUT2D eigenvalue weighted by atomic mass is 9.78. The summed E-state index contributed by atoms with van der Waals surface area (Å²) in [7, 11) is 0. The topological polar surface area (TPSA) is 38.0 Å². The van der Waals surface area contributed by atoms with Crippen LogP contribution in [0.4, 0.5) is 0 Å². The number of benzene rings is 2. The fourth-order valence-electron chi connectivity index (χ4n) is 3.11. The number of halogens is 1. The lowest BCUT2D eigenvalue weighted by Gasteiger charge is -2.38. The molecular weight excluding hydrogens is 324 g/mol. The van der Waals surface area contributed by atoms with Gasteiger partial charge in [-0.25, -0.2) is 0 Å². The van der Waals surface area contributed by atoms with Crippen molar-refractivity contribution in [3.05, 3.63) is 69.7 Å². The molecular formula is C18H21BrN2. The predicted molar refractivity (Wildman–Crippen MR) is 91.2 cm³/mol. The molecule has 0 aromatic heterocycles. The molecule has 2 aromatic rings. The first-order valence-electron chi connectivity index (χ1n) is 7.47. The molecule has 0 aliphatic heterocycles. The van der Waals surface area contributed by atoms with Crippen molar-refractivity contribution < 1.29 is 0 Å². The Hall–Kier alpha value is -1.16. The molecule has 1 aliphatic carbocycles. The molecule has 2 aromatic carbocycles. The molecule has 110 valence electrons. The first-order chi connectivity index (χ1) is 10.2. The van der Waals surface area contributed by atoms with Gasteiger partial charge in [0.15, 0.2) is 0 Å². The van der Waals surface area contributed by atoms with E-state index in [1.165, 1.54) is 21.2 Å². The van der Waals surface area contributed by atoms with E-state index < -0.39 is 0 Å². The average molecular weight is 345 g/mol. The molecule has 21 heavy (non-hydrogen) atoms. The summed E-state index contributed by atoms with van der Waals surface area (Å²) in [6.07, 6.45) is 3.20. The van der Waals surface area contributed by atoms with Crippen molar-refractivity contribution in [1.29, 1.82) is 0 Å². The van der Waals surface area contributed by atoms with Crippen molar-refractivity contribution in [2.75, 3.05) is 6.54 Å². The summed E-state index contributed by atoms with van der Waals surface area (Å²) in [5, 5.41) is 3.72. The molecule has 0 saturated heterocycles. The minimum absolute atomic E-state index is 0.0245. The summed E-state index contributed by atoms with van der Waals surface area (Å²) >= 11 is 3.56. The Kier molecular flexibility index (Phi) is 4.43. The van der Waals surface area contributed by atoms with Gasteiger partial charge in [0.1, 0.15) is 0 Å². The van der Waals surface area contributed by atoms with Crippen LogP contribution in [0.3, 0.4) is 0 Å². The van der Waals surface area contributed by atoms with Gasteiger partial charge in [0.2, 0.25) is 0 Å². The Bertz CT molecular complexity index is 612. The maximum absolute atomic E-state index is 6.12. The highest BCUT2D eigenvalue weighted by Crippen LogP contribution is 2.30. The SMILES string of the molecule is NCC1(NCc2ccccc2)CCc2cc(Br)ccc2C1. The Morgan fingerprint density at radius 2 is 1.90 bits per heavy atom. The van der Waals surface area contributed by atoms with E-state index in [1.54, 1.807) is 0 Å². The summed E-state index contributed by atoms with van der Waals surface area (Å²) < 4.78 is 1.17. The highest BCUT2D eigenvalue weighted by atomic mass is 79.9. The fourth-order valence-corrected chi connectivity index (χ4v) is 3.52. The molecule has 3 heteroatoms. The molecule has 1 atom stereocenters. The van der Waals surface area contributed by atoms with Crippen LogP contribution >= 0.6 is 15.9 Å². The molecule has 0 spiro atoms. The standard InChI is InChI=1S/C18H21BrN2/c19-17-7-6-16-11-18(13-20,9-8-15(16)10-17)21-12-14-4-2-1-3-5-14/h1-7,10,21H,8-9,11-13,20H2. The van der Waals surface area contributed by atoms with Crippen LogP contribution in [-0.2, 0) is 19.4 Å². The zero-order valence-electron chi connectivity index (χ0n) is 12.1. The third-order valence-corrected chi connectivity index (χ3v) is 4.96. The Balaban J connectivity index is 1.74. The van der Waals surface area contributed by atoms with Crippen molar-refractivity contribution in [1.82, 2.24) is 5.32 Å². The summed E-state index contributed by atoms with van der Waals surface area (Å²) in [5.41, 5.74) is 10.3. The van der Waals surface area contributed by atoms with Gasteiger partial charge in [-0.05, 0) is 48.1 Å². The molecule has 0 amide bonds. The van der Waals surface area contributed by atoms with E-state index >= 15 is 0 Å². The molecule has 1 aliphatic rings. The van der Waals surface area contributed by atoms with Crippen molar-refractivity contribution in [2.45, 2.75) is 31.3 Å². The number of hydrogen-bond donors (Lipinski definition) is 2. The molecule has 0 fully saturated rings. The highest BCUT2D eigenvalue weighted by molar-refractivity contribution is 9.10. The second kappa shape index (κ2) is 6.30. The second-order valence-electron chi connectivity index (χ2n) is 5.91. The summed E-state index contributed by atoms with van der Waals surface area (Å²) in [6.45, 7) is 1.55. The maximum Gasteiger partial charge on any atom is 0.0350 e. The van der Waals surface area contributed by atoms with E-state index in [9.17, 15) is 0 Å². The lowest BCUT2D eigenvalue weighted by molar-refractivity contribution is 0.291. The van der Waals surface area contributed by atoms with E-state index in [0.29, 0.717) is 6.54 Å². The number of nitrogens with two attached hydrogens (primary N) is 1. The first kappa shape index (κ1) is 14.8. The summed E-state index contributed by atoms with van der Waals surface area (Å²) in [4.78, 5) is 0. The molecule has 3 N–H and O–H groups in total. The third-order valence-electron chi connectivity index (χ3n) is 4.47. The number of hydrogen-bond acceptors (Lipinski definition) is 2. The normalized spacial score (nSPS) is 21.0. The van der Waals surface area contributed by atoms with Gasteiger partial charge in [0.05, 0.1) is 0 Å². The van der Waals surface area contributed by atoms with E-state index in [2.05, 4.69) is 69.8 Å². The largest absolute Gasteiger partial charge is 0.329 e. The Morgan fingerprint density at radius 3 is 2.67 bits per heavy atom. The molecule has 3 rings (SSSR count). The Morgan fingerprint density at radius 1 is 1.10 bits per heavy atom. The minimum atomic E-state index is 0.0245. The van der Waals surface area contributed by atoms with E-state index in [0.717, 1.165) is 25.8 Å². The smallest absolute Gasteiger partial charge is 0.0350 e. The van der Waals surface area contributed by atoms with Crippen molar-refractivity contribution in [2.24, 2.45) is 5.73 Å². The second-order valence-corrected chi connectivity index (χ2v) is 6.83. The van der Waals surface area contributed by atoms with Gasteiger partial charge >= 0.3 is 0 Å². The van der Waals surface area contributed by atoms with Crippen LogP contribution in [0.25, 0.3) is 0 Å². The van der Waals surface area contributed by atoms with Crippen molar-refractivity contribution in [3.8, 4) is 0 Å². The van der Waals surface area contributed by atoms with Gasteiger partial charge in [-0.1, -0.05) is 52.3 Å². The average Bonchev–Trinajstić information content (AvgIpc) is 2.54. The quantitative estimate of drug-likeness (QED) is 0.891. The molecule has 2 nitrogen and oxygen atoms in total. The number of fused-ring (bicyclic) bond motifs is 1. The first-order valence-corrected chi connectivity index (χ1v) is 8.26. The van der Waals surface area contributed by atoms with Crippen LogP contribution in [0.1, 0.15) is 23.1 Å². The number of aryl methyl sites for hydroxylation is 1. The maximum atomic E-state index is 6.12. The van der Waals surface area contributed by atoms with Crippen LogP contribution < -0.4 is 11.1 Å². The summed E-state index contributed by atoms with van der Waals surface area (Å²) in [5.74, 6) is 0. The van der Waals surface area contributed by atoms with Gasteiger partial charge in [-0.2, -0.15) is 0 Å². The van der Waals surface area contributed by atoms with Gasteiger partial charge in [0.25, 0.3) is 0 Å². The molecule has 1 unspecified atom stereocenters. The zero-order chi connectivity index (χ0) is 14.7. The molecule has 0 heterocycles. The van der Waals surface area contributed by atoms with Crippen LogP contribution in [0.15, 0.2) is 53.0 Å². The van der Waals surface area contributed by atoms with E-state index in [-0.39, 0.29) is 5.54 Å². The lowest BCUT2D eigenvalue weighted by Crippen LogP contribution is -2.54. The number of rotatable bonds is 4. The minimum Gasteiger partial charge on any atom is -0.329 e. The Labute approximate surface area is 134 Å². The third kappa shape index (κ3) is 3.37. The molecule has 0 saturated carbocycles. The summed E-state index contributed by atoms with van der Waals surface area (Å²) in [6, 6.07) is 17.1. The van der Waals surface area contributed by atoms with E-state index in [4.69, 9.17) is 5.73 Å². The van der Waals surface area contributed by atoms with Gasteiger partial charge in [0, 0.05) is 23.1 Å². The molecule has 0 bridgehead atoms. The van der Waals surface area contributed by atoms with Crippen LogP contribution in [-0.4, -0.2) is 12.1 Å². The monoisotopic (exact) mass is 344 g/mol. The van der Waals surface area contributed by atoms with Gasteiger partial charge in [-0.15, -0.1) is 0 Å². The van der Waals surface area contributed by atoms with Crippen LogP contribution in [0.2, 0.25) is 0 Å².